The Morgan fingerprint density at radius 2 is 1.60 bits per heavy atom. The van der Waals surface area contributed by atoms with Gasteiger partial charge in [0.25, 0.3) is 0 Å². The van der Waals surface area contributed by atoms with E-state index in [0.717, 1.165) is 56.1 Å². The molecule has 0 bridgehead atoms. The molecule has 3 aromatic carbocycles. The highest BCUT2D eigenvalue weighted by Crippen LogP contribution is 2.48. The van der Waals surface area contributed by atoms with E-state index in [1.54, 1.807) is 0 Å². The van der Waals surface area contributed by atoms with E-state index in [4.69, 9.17) is 9.72 Å². The van der Waals surface area contributed by atoms with E-state index in [1.807, 2.05) is 43.6 Å². The van der Waals surface area contributed by atoms with Crippen molar-refractivity contribution in [2.45, 2.75) is 31.2 Å². The summed E-state index contributed by atoms with van der Waals surface area (Å²) >= 11 is 0. The Bertz CT molecular complexity index is 1310. The first kappa shape index (κ1) is 21.8. The van der Waals surface area contributed by atoms with Gasteiger partial charge in [-0.25, -0.2) is 9.97 Å². The zero-order valence-electron chi connectivity index (χ0n) is 20.1. The van der Waals surface area contributed by atoms with Crippen LogP contribution < -0.4 is 10.1 Å². The molecule has 0 unspecified atom stereocenters. The number of ether oxygens (including phenoxy) is 1. The number of hydrogen-bond acceptors (Lipinski definition) is 5. The quantitative estimate of drug-likeness (QED) is 0.390. The van der Waals surface area contributed by atoms with Gasteiger partial charge in [0.2, 0.25) is 5.95 Å². The second-order valence-electron chi connectivity index (χ2n) is 9.66. The van der Waals surface area contributed by atoms with Crippen LogP contribution in [0.15, 0.2) is 85.1 Å². The SMILES string of the molecule is CNc1ncc2c(n1)-c1ccccc1C1(CCN(Cc3ccc(Oc4ccccc4)cc3)CC1)C2. The summed E-state index contributed by atoms with van der Waals surface area (Å²) in [6, 6.07) is 27.3. The van der Waals surface area contributed by atoms with Gasteiger partial charge < -0.3 is 10.1 Å². The highest BCUT2D eigenvalue weighted by atomic mass is 16.5. The Morgan fingerprint density at radius 1 is 0.886 bits per heavy atom. The van der Waals surface area contributed by atoms with E-state index < -0.39 is 0 Å². The number of hydrogen-bond donors (Lipinski definition) is 1. The second-order valence-corrected chi connectivity index (χ2v) is 9.66. The highest BCUT2D eigenvalue weighted by Gasteiger charge is 2.41. The lowest BCUT2D eigenvalue weighted by Gasteiger charge is -2.45. The Hall–Kier alpha value is -3.70. The number of nitrogens with one attached hydrogen (secondary N) is 1. The fourth-order valence-corrected chi connectivity index (χ4v) is 5.63. The number of aromatic nitrogens is 2. The molecule has 1 saturated heterocycles. The second kappa shape index (κ2) is 9.16. The third-order valence-electron chi connectivity index (χ3n) is 7.49. The van der Waals surface area contributed by atoms with Gasteiger partial charge in [0, 0.05) is 30.8 Å². The number of likely N-dealkylation sites (tertiary alicyclic amines) is 1. The number of nitrogens with zero attached hydrogens (tertiary/aromatic N) is 3. The molecule has 0 atom stereocenters. The summed E-state index contributed by atoms with van der Waals surface area (Å²) < 4.78 is 5.95. The Kier molecular flexibility index (Phi) is 5.71. The predicted octanol–water partition coefficient (Wildman–Crippen LogP) is 6.07. The molecular formula is C30H30N4O. The topological polar surface area (TPSA) is 50.3 Å². The number of para-hydroxylation sites is 1. The first-order chi connectivity index (χ1) is 17.2. The van der Waals surface area contributed by atoms with Crippen LogP contribution in [0, 0.1) is 0 Å². The first-order valence-corrected chi connectivity index (χ1v) is 12.4. The van der Waals surface area contributed by atoms with Crippen molar-refractivity contribution in [3.05, 3.63) is 102 Å². The molecule has 1 N–H and O–H groups in total. The maximum atomic E-state index is 5.95. The average molecular weight is 463 g/mol. The van der Waals surface area contributed by atoms with Crippen LogP contribution in [-0.2, 0) is 18.4 Å². The van der Waals surface area contributed by atoms with Crippen LogP contribution in [0.5, 0.6) is 11.5 Å². The molecule has 1 aliphatic heterocycles. The summed E-state index contributed by atoms with van der Waals surface area (Å²) in [7, 11) is 1.87. The number of benzene rings is 3. The van der Waals surface area contributed by atoms with E-state index in [-0.39, 0.29) is 5.41 Å². The monoisotopic (exact) mass is 462 g/mol. The lowest BCUT2D eigenvalue weighted by Crippen LogP contribution is -2.45. The van der Waals surface area contributed by atoms with Crippen LogP contribution >= 0.6 is 0 Å². The van der Waals surface area contributed by atoms with Gasteiger partial charge in [-0.05, 0) is 73.3 Å². The fourth-order valence-electron chi connectivity index (χ4n) is 5.63. The summed E-state index contributed by atoms with van der Waals surface area (Å²) in [4.78, 5) is 11.9. The van der Waals surface area contributed by atoms with Gasteiger partial charge in [-0.1, -0.05) is 54.6 Å². The number of rotatable bonds is 5. The molecule has 1 spiro atoms. The van der Waals surface area contributed by atoms with Crippen LogP contribution in [0.25, 0.3) is 11.3 Å². The summed E-state index contributed by atoms with van der Waals surface area (Å²) in [6.07, 6.45) is 5.33. The van der Waals surface area contributed by atoms with Crippen LogP contribution in [0.3, 0.4) is 0 Å². The van der Waals surface area contributed by atoms with Gasteiger partial charge in [0.1, 0.15) is 11.5 Å². The molecule has 0 saturated carbocycles. The molecule has 6 rings (SSSR count). The van der Waals surface area contributed by atoms with Gasteiger partial charge in [-0.15, -0.1) is 0 Å². The summed E-state index contributed by atoms with van der Waals surface area (Å²) in [6.45, 7) is 3.14. The minimum absolute atomic E-state index is 0.165. The Morgan fingerprint density at radius 3 is 2.37 bits per heavy atom. The third-order valence-corrected chi connectivity index (χ3v) is 7.49. The van der Waals surface area contributed by atoms with E-state index >= 15 is 0 Å². The molecule has 1 fully saturated rings. The molecule has 0 radical (unpaired) electrons. The van der Waals surface area contributed by atoms with Crippen molar-refractivity contribution >= 4 is 5.95 Å². The van der Waals surface area contributed by atoms with Crippen molar-refractivity contribution in [3.8, 4) is 22.8 Å². The molecule has 1 aliphatic carbocycles. The van der Waals surface area contributed by atoms with Crippen molar-refractivity contribution in [1.29, 1.82) is 0 Å². The zero-order valence-corrected chi connectivity index (χ0v) is 20.1. The van der Waals surface area contributed by atoms with Crippen LogP contribution in [-0.4, -0.2) is 35.0 Å². The maximum absolute atomic E-state index is 5.95. The van der Waals surface area contributed by atoms with Gasteiger partial charge >= 0.3 is 0 Å². The van der Waals surface area contributed by atoms with Gasteiger partial charge in [-0.2, -0.15) is 0 Å². The molecule has 5 nitrogen and oxygen atoms in total. The summed E-state index contributed by atoms with van der Waals surface area (Å²) in [5.41, 5.74) is 6.57. The van der Waals surface area contributed by atoms with Gasteiger partial charge in [0.15, 0.2) is 0 Å². The third kappa shape index (κ3) is 4.28. The summed E-state index contributed by atoms with van der Waals surface area (Å²) in [5.74, 6) is 2.42. The van der Waals surface area contributed by atoms with Crippen LogP contribution in [0.2, 0.25) is 0 Å². The van der Waals surface area contributed by atoms with Crippen molar-refractivity contribution in [2.75, 3.05) is 25.5 Å². The molecule has 176 valence electrons. The summed E-state index contributed by atoms with van der Waals surface area (Å²) in [5, 5.41) is 3.09. The van der Waals surface area contributed by atoms with Gasteiger partial charge in [-0.3, -0.25) is 4.90 Å². The molecule has 0 amide bonds. The standard InChI is InChI=1S/C30H30N4O/c1-31-29-32-20-23-19-30(27-10-6-5-9-26(27)28(23)33-29)15-17-34(18-16-30)21-22-11-13-25(14-12-22)35-24-7-3-2-4-8-24/h2-14,20H,15-19,21H2,1H3,(H,31,32,33). The first-order valence-electron chi connectivity index (χ1n) is 12.4. The van der Waals surface area contributed by atoms with Crippen molar-refractivity contribution in [2.24, 2.45) is 0 Å². The molecule has 2 aliphatic rings. The minimum atomic E-state index is 0.165. The maximum Gasteiger partial charge on any atom is 0.222 e. The lowest BCUT2D eigenvalue weighted by molar-refractivity contribution is 0.150. The predicted molar refractivity (Wildman–Crippen MR) is 140 cm³/mol. The number of fused-ring (bicyclic) bond motifs is 4. The molecular weight excluding hydrogens is 432 g/mol. The molecule has 35 heavy (non-hydrogen) atoms. The molecule has 5 heteroatoms. The van der Waals surface area contributed by atoms with Crippen LogP contribution in [0.1, 0.15) is 29.5 Å². The number of piperidine rings is 1. The largest absolute Gasteiger partial charge is 0.457 e. The van der Waals surface area contributed by atoms with Gasteiger partial charge in [0.05, 0.1) is 5.69 Å². The Labute approximate surface area is 206 Å². The van der Waals surface area contributed by atoms with Crippen molar-refractivity contribution < 1.29 is 4.74 Å². The van der Waals surface area contributed by atoms with Crippen LogP contribution in [0.4, 0.5) is 5.95 Å². The normalized spacial score (nSPS) is 16.4. The van der Waals surface area contributed by atoms with E-state index in [9.17, 15) is 0 Å². The fraction of sp³-hybridized carbons (Fsp3) is 0.267. The average Bonchev–Trinajstić information content (AvgIpc) is 2.92. The zero-order chi connectivity index (χ0) is 23.7. The Balaban J connectivity index is 1.15. The van der Waals surface area contributed by atoms with E-state index in [1.165, 1.54) is 22.3 Å². The van der Waals surface area contributed by atoms with E-state index in [2.05, 4.69) is 63.7 Å². The van der Waals surface area contributed by atoms with Crippen molar-refractivity contribution in [1.82, 2.24) is 14.9 Å². The highest BCUT2D eigenvalue weighted by molar-refractivity contribution is 5.72. The lowest BCUT2D eigenvalue weighted by atomic mass is 9.64. The van der Waals surface area contributed by atoms with Crippen molar-refractivity contribution in [3.63, 3.8) is 0 Å². The molecule has 2 heterocycles. The number of anilines is 1. The minimum Gasteiger partial charge on any atom is -0.457 e. The molecule has 4 aromatic rings. The smallest absolute Gasteiger partial charge is 0.222 e. The van der Waals surface area contributed by atoms with E-state index in [0.29, 0.717) is 5.95 Å². The molecule has 1 aromatic heterocycles.